The molecule has 1 heterocycles. The standard InChI is InChI=1S/C25H23FN6O2S.2FH/c1-33-23-5-3-2-4-22(23)32-14-15-35-25(32)31-30-16-18-6-8-19(9-7-18)24(27)29-17-28-20-10-12-21(34-26)13-11-20;;/h2-13,16-17H,14-15H2,1H3,(H2,27,28,29);2*1H/b30-16+,31-25-;;. The Balaban J connectivity index is 0.00000241. The van der Waals surface area contributed by atoms with Gasteiger partial charge in [0.1, 0.15) is 17.9 Å². The van der Waals surface area contributed by atoms with Crippen LogP contribution in [0.4, 0.5) is 25.3 Å². The Labute approximate surface area is 216 Å². The van der Waals surface area contributed by atoms with Gasteiger partial charge in [0.05, 0.1) is 24.7 Å². The Morgan fingerprint density at radius 3 is 2.46 bits per heavy atom. The summed E-state index contributed by atoms with van der Waals surface area (Å²) in [4.78, 5) is 14.1. The number of ether oxygens (including phenoxy) is 1. The van der Waals surface area contributed by atoms with E-state index in [1.54, 1.807) is 37.2 Å². The van der Waals surface area contributed by atoms with Gasteiger partial charge in [-0.25, -0.2) is 9.98 Å². The van der Waals surface area contributed by atoms with Gasteiger partial charge in [0, 0.05) is 22.4 Å². The number of para-hydroxylation sites is 2. The van der Waals surface area contributed by atoms with Gasteiger partial charge in [-0.15, -0.1) is 5.10 Å². The molecular formula is C25H25F3N6O2S. The second-order valence-corrected chi connectivity index (χ2v) is 8.31. The molecular weight excluding hydrogens is 505 g/mol. The van der Waals surface area contributed by atoms with E-state index >= 15 is 0 Å². The van der Waals surface area contributed by atoms with Crippen molar-refractivity contribution in [2.45, 2.75) is 0 Å². The first-order valence-corrected chi connectivity index (χ1v) is 11.7. The molecule has 1 fully saturated rings. The Bertz CT molecular complexity index is 1270. The third-order valence-corrected chi connectivity index (χ3v) is 5.99. The van der Waals surface area contributed by atoms with Crippen LogP contribution in [0.25, 0.3) is 0 Å². The van der Waals surface area contributed by atoms with Crippen LogP contribution >= 0.6 is 11.8 Å². The number of anilines is 1. The molecule has 1 aliphatic heterocycles. The Kier molecular flexibility index (Phi) is 11.2. The van der Waals surface area contributed by atoms with E-state index < -0.39 is 0 Å². The molecule has 8 nitrogen and oxygen atoms in total. The lowest BCUT2D eigenvalue weighted by atomic mass is 10.1. The molecule has 194 valence electrons. The van der Waals surface area contributed by atoms with Crippen molar-refractivity contribution in [1.29, 1.82) is 0 Å². The number of nitrogens with zero attached hydrogens (tertiary/aromatic N) is 5. The van der Waals surface area contributed by atoms with E-state index in [0.29, 0.717) is 11.5 Å². The average molecular weight is 531 g/mol. The third kappa shape index (κ3) is 7.58. The number of methoxy groups -OCH3 is 1. The average Bonchev–Trinajstić information content (AvgIpc) is 3.37. The zero-order valence-corrected chi connectivity index (χ0v) is 20.5. The van der Waals surface area contributed by atoms with Gasteiger partial charge in [-0.05, 0) is 42.0 Å². The highest BCUT2D eigenvalue weighted by Crippen LogP contribution is 2.33. The van der Waals surface area contributed by atoms with Crippen LogP contribution in [-0.2, 0) is 0 Å². The molecule has 0 aliphatic carbocycles. The van der Waals surface area contributed by atoms with Crippen LogP contribution < -0.4 is 20.3 Å². The maximum absolute atomic E-state index is 12.1. The summed E-state index contributed by atoms with van der Waals surface area (Å²) in [6.45, 7) is 0.841. The van der Waals surface area contributed by atoms with Crippen LogP contribution in [0.2, 0.25) is 0 Å². The molecule has 4 rings (SSSR count). The van der Waals surface area contributed by atoms with Crippen molar-refractivity contribution >= 4 is 46.7 Å². The first kappa shape index (κ1) is 28.9. The molecule has 2 N–H and O–H groups in total. The molecule has 3 aromatic rings. The van der Waals surface area contributed by atoms with Gasteiger partial charge >= 0.3 is 0 Å². The molecule has 0 radical (unpaired) electrons. The lowest BCUT2D eigenvalue weighted by molar-refractivity contribution is -0.00618. The summed E-state index contributed by atoms with van der Waals surface area (Å²) in [5, 5.41) is 9.51. The number of benzene rings is 3. The molecule has 1 saturated heterocycles. The quantitative estimate of drug-likeness (QED) is 0.243. The normalized spacial score (nSPS) is 14.6. The van der Waals surface area contributed by atoms with Crippen LogP contribution in [0, 0.1) is 0 Å². The summed E-state index contributed by atoms with van der Waals surface area (Å²) in [6.07, 6.45) is 3.04. The molecule has 0 atom stereocenters. The summed E-state index contributed by atoms with van der Waals surface area (Å²) in [6, 6.07) is 21.5. The summed E-state index contributed by atoms with van der Waals surface area (Å²) < 4.78 is 17.6. The molecule has 0 amide bonds. The highest BCUT2D eigenvalue weighted by molar-refractivity contribution is 8.14. The zero-order chi connectivity index (χ0) is 24.5. The van der Waals surface area contributed by atoms with Gasteiger partial charge in [0.25, 0.3) is 0 Å². The van der Waals surface area contributed by atoms with Crippen molar-refractivity contribution in [2.24, 2.45) is 25.9 Å². The van der Waals surface area contributed by atoms with E-state index in [1.165, 1.54) is 18.5 Å². The fraction of sp³-hybridized carbons (Fsp3) is 0.120. The first-order valence-electron chi connectivity index (χ1n) is 10.7. The van der Waals surface area contributed by atoms with E-state index in [4.69, 9.17) is 10.5 Å². The van der Waals surface area contributed by atoms with Crippen LogP contribution in [0.3, 0.4) is 0 Å². The zero-order valence-electron chi connectivity index (χ0n) is 19.7. The molecule has 0 bridgehead atoms. The highest BCUT2D eigenvalue weighted by Gasteiger charge is 2.23. The largest absolute Gasteiger partial charge is 0.495 e. The number of halogens is 3. The molecule has 0 aromatic heterocycles. The maximum Gasteiger partial charge on any atom is 0.190 e. The number of hydrogen-bond acceptors (Lipinski definition) is 6. The SMILES string of the molecule is COc1ccccc1N1CCS/C1=N\N=C\c1ccc(C(N)=NC=Nc2ccc(OF)cc2)cc1.F.F. The number of rotatable bonds is 8. The minimum absolute atomic E-state index is 0. The lowest BCUT2D eigenvalue weighted by Crippen LogP contribution is -2.23. The monoisotopic (exact) mass is 530 g/mol. The third-order valence-electron chi connectivity index (χ3n) is 5.04. The predicted molar refractivity (Wildman–Crippen MR) is 146 cm³/mol. The van der Waals surface area contributed by atoms with Crippen LogP contribution in [0.15, 0.2) is 93.0 Å². The summed E-state index contributed by atoms with van der Waals surface area (Å²) in [5.74, 6) is 2.16. The maximum atomic E-state index is 12.1. The number of thioether (sulfide) groups is 1. The summed E-state index contributed by atoms with van der Waals surface area (Å²) >= 11 is 1.65. The highest BCUT2D eigenvalue weighted by atomic mass is 32.2. The molecule has 37 heavy (non-hydrogen) atoms. The predicted octanol–water partition coefficient (Wildman–Crippen LogP) is 5.27. The second-order valence-electron chi connectivity index (χ2n) is 7.25. The van der Waals surface area contributed by atoms with E-state index in [0.717, 1.165) is 40.0 Å². The summed E-state index contributed by atoms with van der Waals surface area (Å²) in [5.41, 5.74) is 9.24. The topological polar surface area (TPSA) is 97.2 Å². The van der Waals surface area contributed by atoms with E-state index in [-0.39, 0.29) is 15.2 Å². The van der Waals surface area contributed by atoms with E-state index in [1.807, 2.05) is 48.5 Å². The number of aliphatic imine (C=N–C) groups is 2. The Morgan fingerprint density at radius 2 is 1.76 bits per heavy atom. The van der Waals surface area contributed by atoms with Crippen molar-refractivity contribution < 1.29 is 23.6 Å². The van der Waals surface area contributed by atoms with E-state index in [2.05, 4.69) is 30.0 Å². The van der Waals surface area contributed by atoms with Crippen LogP contribution in [0.5, 0.6) is 11.5 Å². The lowest BCUT2D eigenvalue weighted by Gasteiger charge is -2.19. The first-order chi connectivity index (χ1) is 17.2. The molecule has 0 saturated carbocycles. The van der Waals surface area contributed by atoms with Crippen molar-refractivity contribution in [2.75, 3.05) is 24.3 Å². The fourth-order valence-corrected chi connectivity index (χ4v) is 4.17. The van der Waals surface area contributed by atoms with Crippen LogP contribution in [-0.4, -0.2) is 43.0 Å². The molecule has 0 spiro atoms. The van der Waals surface area contributed by atoms with Crippen LogP contribution in [0.1, 0.15) is 11.1 Å². The van der Waals surface area contributed by atoms with Gasteiger partial charge in [-0.1, -0.05) is 48.2 Å². The van der Waals surface area contributed by atoms with Gasteiger partial charge < -0.3 is 15.4 Å². The summed E-state index contributed by atoms with van der Waals surface area (Å²) in [7, 11) is 1.66. The smallest absolute Gasteiger partial charge is 0.190 e. The second kappa shape index (κ2) is 14.3. The minimum atomic E-state index is 0. The number of nitrogens with two attached hydrogens (primary N) is 1. The number of amidine groups is 2. The van der Waals surface area contributed by atoms with Crippen molar-refractivity contribution in [3.05, 3.63) is 83.9 Å². The molecule has 3 aromatic carbocycles. The number of hydrogen-bond donors (Lipinski definition) is 1. The van der Waals surface area contributed by atoms with Crippen molar-refractivity contribution in [1.82, 2.24) is 0 Å². The van der Waals surface area contributed by atoms with Crippen molar-refractivity contribution in [3.8, 4) is 11.5 Å². The van der Waals surface area contributed by atoms with Gasteiger partial charge in [0.2, 0.25) is 0 Å². The minimum Gasteiger partial charge on any atom is -0.495 e. The Hall–Kier alpha value is -4.32. The fourth-order valence-electron chi connectivity index (χ4n) is 3.26. The van der Waals surface area contributed by atoms with Gasteiger partial charge in [-0.3, -0.25) is 14.4 Å². The van der Waals surface area contributed by atoms with Crippen molar-refractivity contribution in [3.63, 3.8) is 0 Å². The molecule has 1 aliphatic rings. The van der Waals surface area contributed by atoms with E-state index in [9.17, 15) is 4.53 Å². The molecule has 0 unspecified atom stereocenters. The Morgan fingerprint density at radius 1 is 1.03 bits per heavy atom. The van der Waals surface area contributed by atoms with Gasteiger partial charge in [-0.2, -0.15) is 5.10 Å². The molecule has 12 heteroatoms. The van der Waals surface area contributed by atoms with Gasteiger partial charge in [0.15, 0.2) is 10.9 Å².